The van der Waals surface area contributed by atoms with Crippen molar-refractivity contribution in [1.29, 1.82) is 0 Å². The van der Waals surface area contributed by atoms with Crippen LogP contribution in [0.4, 0.5) is 0 Å². The van der Waals surface area contributed by atoms with E-state index in [1.54, 1.807) is 6.20 Å². The number of nitrogens with one attached hydrogen (secondary N) is 1. The second-order valence-corrected chi connectivity index (χ2v) is 7.27. The number of aryl methyl sites for hydroxylation is 2. The Morgan fingerprint density at radius 2 is 1.79 bits per heavy atom. The molecule has 0 radical (unpaired) electrons. The van der Waals surface area contributed by atoms with Crippen LogP contribution in [0.2, 0.25) is 0 Å². The first-order valence-electron chi connectivity index (χ1n) is 9.85. The Morgan fingerprint density at radius 1 is 1.11 bits per heavy atom. The molecule has 0 fully saturated rings. The highest BCUT2D eigenvalue weighted by Gasteiger charge is 2.26. The molecule has 0 aliphatic carbocycles. The molecule has 2 aromatic heterocycles. The third-order valence-electron chi connectivity index (χ3n) is 5.45. The van der Waals surface area contributed by atoms with Crippen LogP contribution in [0.5, 0.6) is 0 Å². The zero-order valence-electron chi connectivity index (χ0n) is 17.2. The van der Waals surface area contributed by atoms with Gasteiger partial charge in [-0.3, -0.25) is 9.59 Å². The van der Waals surface area contributed by atoms with Gasteiger partial charge in [0.1, 0.15) is 6.04 Å². The lowest BCUT2D eigenvalue weighted by atomic mass is 10.1. The van der Waals surface area contributed by atoms with E-state index in [4.69, 9.17) is 0 Å². The first kappa shape index (κ1) is 19.9. The molecule has 1 aromatic carbocycles. The maximum absolute atomic E-state index is 13.2. The van der Waals surface area contributed by atoms with Crippen molar-refractivity contribution in [3.8, 4) is 5.69 Å². The van der Waals surface area contributed by atoms with Crippen molar-refractivity contribution in [2.75, 3.05) is 0 Å². The average molecular weight is 380 g/mol. The quantitative estimate of drug-likeness (QED) is 0.709. The minimum atomic E-state index is -0.356. The van der Waals surface area contributed by atoms with Crippen LogP contribution in [0.1, 0.15) is 51.0 Å². The van der Waals surface area contributed by atoms with E-state index < -0.39 is 0 Å². The van der Waals surface area contributed by atoms with E-state index in [-0.39, 0.29) is 23.6 Å². The van der Waals surface area contributed by atoms with E-state index in [2.05, 4.69) is 10.4 Å². The number of benzene rings is 1. The van der Waals surface area contributed by atoms with Gasteiger partial charge in [-0.1, -0.05) is 32.0 Å². The van der Waals surface area contributed by atoms with Gasteiger partial charge in [-0.05, 0) is 45.7 Å². The number of para-hydroxylation sites is 1. The van der Waals surface area contributed by atoms with Gasteiger partial charge < -0.3 is 9.88 Å². The number of hydrogen-bond acceptors (Lipinski definition) is 3. The van der Waals surface area contributed by atoms with Gasteiger partial charge in [0.15, 0.2) is 0 Å². The molecule has 2 unspecified atom stereocenters. The Bertz CT molecular complexity index is 1050. The van der Waals surface area contributed by atoms with Crippen LogP contribution in [0.3, 0.4) is 0 Å². The average Bonchev–Trinajstić information content (AvgIpc) is 2.95. The van der Waals surface area contributed by atoms with E-state index >= 15 is 0 Å². The first-order valence-corrected chi connectivity index (χ1v) is 9.85. The predicted octanol–water partition coefficient (Wildman–Crippen LogP) is 3.67. The molecule has 28 heavy (non-hydrogen) atoms. The normalized spacial score (nSPS) is 13.5. The van der Waals surface area contributed by atoms with Crippen LogP contribution < -0.4 is 10.9 Å². The summed E-state index contributed by atoms with van der Waals surface area (Å²) < 4.78 is 3.40. The molecule has 0 bridgehead atoms. The molecular formula is C22H28N4O2. The summed E-state index contributed by atoms with van der Waals surface area (Å²) in [6.45, 7) is 9.89. The molecule has 2 atom stereocenters. The molecule has 0 saturated carbocycles. The van der Waals surface area contributed by atoms with Crippen LogP contribution in [-0.4, -0.2) is 26.3 Å². The Balaban J connectivity index is 2.16. The number of aromatic nitrogens is 3. The molecule has 0 spiro atoms. The van der Waals surface area contributed by atoms with Gasteiger partial charge in [0, 0.05) is 22.8 Å². The van der Waals surface area contributed by atoms with Gasteiger partial charge in [-0.15, -0.1) is 0 Å². The zero-order chi connectivity index (χ0) is 20.4. The van der Waals surface area contributed by atoms with E-state index in [0.29, 0.717) is 11.8 Å². The van der Waals surface area contributed by atoms with Crippen LogP contribution in [0, 0.1) is 13.8 Å². The highest BCUT2D eigenvalue weighted by Crippen LogP contribution is 2.28. The van der Waals surface area contributed by atoms with Gasteiger partial charge in [0.25, 0.3) is 5.56 Å². The van der Waals surface area contributed by atoms with Crippen LogP contribution in [-0.2, 0) is 4.79 Å². The molecule has 6 nitrogen and oxygen atoms in total. The number of hydrogen-bond donors (Lipinski definition) is 1. The molecule has 1 amide bonds. The van der Waals surface area contributed by atoms with Crippen LogP contribution in [0.15, 0.2) is 41.3 Å². The highest BCUT2D eigenvalue weighted by atomic mass is 16.2. The van der Waals surface area contributed by atoms with Crippen molar-refractivity contribution in [2.45, 2.75) is 59.5 Å². The fourth-order valence-corrected chi connectivity index (χ4v) is 3.73. The fourth-order valence-electron chi connectivity index (χ4n) is 3.73. The van der Waals surface area contributed by atoms with Crippen molar-refractivity contribution in [1.82, 2.24) is 19.7 Å². The highest BCUT2D eigenvalue weighted by molar-refractivity contribution is 5.89. The molecule has 3 aromatic rings. The second kappa shape index (κ2) is 8.00. The first-order chi connectivity index (χ1) is 13.4. The van der Waals surface area contributed by atoms with E-state index in [0.717, 1.165) is 28.9 Å². The standard InChI is InChI=1S/C22H28N4O2/c1-6-14(3)24-21(27)19(7-2)25-15(4)18-13-23-26(17-11-9-8-10-12-17)22(28)20(18)16(25)5/h8-14,19H,6-7H2,1-5H3,(H,24,27). The molecule has 2 heterocycles. The molecule has 0 saturated heterocycles. The van der Waals surface area contributed by atoms with Crippen LogP contribution in [0.25, 0.3) is 16.5 Å². The van der Waals surface area contributed by atoms with E-state index in [1.807, 2.05) is 69.5 Å². The van der Waals surface area contributed by atoms with Crippen molar-refractivity contribution in [2.24, 2.45) is 0 Å². The maximum atomic E-state index is 13.2. The van der Waals surface area contributed by atoms with Gasteiger partial charge in [0.2, 0.25) is 5.91 Å². The Morgan fingerprint density at radius 3 is 2.39 bits per heavy atom. The summed E-state index contributed by atoms with van der Waals surface area (Å²) in [6.07, 6.45) is 3.24. The largest absolute Gasteiger partial charge is 0.352 e. The minimum absolute atomic E-state index is 0.0142. The number of fused-ring (bicyclic) bond motifs is 1. The zero-order valence-corrected chi connectivity index (χ0v) is 17.2. The molecule has 148 valence electrons. The van der Waals surface area contributed by atoms with Crippen molar-refractivity contribution >= 4 is 16.7 Å². The number of carbonyl (C=O) groups is 1. The topological polar surface area (TPSA) is 68.9 Å². The van der Waals surface area contributed by atoms with Crippen molar-refractivity contribution in [3.05, 3.63) is 58.3 Å². The number of amides is 1. The number of rotatable bonds is 6. The third kappa shape index (κ3) is 3.35. The Labute approximate surface area is 165 Å². The molecule has 1 N–H and O–H groups in total. The van der Waals surface area contributed by atoms with Gasteiger partial charge in [-0.25, -0.2) is 0 Å². The summed E-state index contributed by atoms with van der Waals surface area (Å²) in [5.41, 5.74) is 2.25. The fraction of sp³-hybridized carbons (Fsp3) is 0.409. The second-order valence-electron chi connectivity index (χ2n) is 7.27. The smallest absolute Gasteiger partial charge is 0.281 e. The van der Waals surface area contributed by atoms with Crippen LogP contribution >= 0.6 is 0 Å². The van der Waals surface area contributed by atoms with E-state index in [1.165, 1.54) is 4.68 Å². The molecule has 6 heteroatoms. The summed E-state index contributed by atoms with van der Waals surface area (Å²) in [5.74, 6) is -0.0142. The monoisotopic (exact) mass is 380 g/mol. The van der Waals surface area contributed by atoms with Gasteiger partial charge >= 0.3 is 0 Å². The molecule has 3 rings (SSSR count). The summed E-state index contributed by atoms with van der Waals surface area (Å²) in [7, 11) is 0. The molecule has 0 aliphatic rings. The summed E-state index contributed by atoms with van der Waals surface area (Å²) >= 11 is 0. The van der Waals surface area contributed by atoms with Gasteiger partial charge in [0.05, 0.1) is 17.3 Å². The summed E-state index contributed by atoms with van der Waals surface area (Å²) in [5, 5.41) is 8.86. The number of carbonyl (C=O) groups excluding carboxylic acids is 1. The molecule has 0 aliphatic heterocycles. The summed E-state index contributed by atoms with van der Waals surface area (Å²) in [6, 6.07) is 9.13. The maximum Gasteiger partial charge on any atom is 0.281 e. The lowest BCUT2D eigenvalue weighted by molar-refractivity contribution is -0.125. The minimum Gasteiger partial charge on any atom is -0.352 e. The van der Waals surface area contributed by atoms with E-state index in [9.17, 15) is 9.59 Å². The third-order valence-corrected chi connectivity index (χ3v) is 5.45. The lowest BCUT2D eigenvalue weighted by Crippen LogP contribution is -2.38. The Hall–Kier alpha value is -2.89. The summed E-state index contributed by atoms with van der Waals surface area (Å²) in [4.78, 5) is 26.1. The Kier molecular flexibility index (Phi) is 5.68. The van der Waals surface area contributed by atoms with Crippen molar-refractivity contribution < 1.29 is 4.79 Å². The molecular weight excluding hydrogens is 352 g/mol. The SMILES string of the molecule is CCC(C)NC(=O)C(CC)n1c(C)c2cnn(-c3ccccc3)c(=O)c2c1C. The predicted molar refractivity (Wildman–Crippen MR) is 112 cm³/mol. The number of nitrogens with zero attached hydrogens (tertiary/aromatic N) is 3. The van der Waals surface area contributed by atoms with Gasteiger partial charge in [-0.2, -0.15) is 9.78 Å². The van der Waals surface area contributed by atoms with Crippen molar-refractivity contribution in [3.63, 3.8) is 0 Å². The lowest BCUT2D eigenvalue weighted by Gasteiger charge is -2.22.